The molecule has 0 unspecified atom stereocenters. The summed E-state index contributed by atoms with van der Waals surface area (Å²) in [6.45, 7) is 9.37. The molecule has 0 aliphatic carbocycles. The van der Waals surface area contributed by atoms with Gasteiger partial charge in [0.15, 0.2) is 0 Å². The molecule has 0 aliphatic heterocycles. The van der Waals surface area contributed by atoms with E-state index in [1.54, 1.807) is 30.3 Å². The highest BCUT2D eigenvalue weighted by atomic mass is 32.2. The predicted molar refractivity (Wildman–Crippen MR) is 134 cm³/mol. The highest BCUT2D eigenvalue weighted by Gasteiger charge is 2.29. The van der Waals surface area contributed by atoms with Gasteiger partial charge in [0, 0.05) is 5.54 Å². The summed E-state index contributed by atoms with van der Waals surface area (Å²) < 4.78 is 28.3. The van der Waals surface area contributed by atoms with E-state index < -0.39 is 15.6 Å². The maximum atomic E-state index is 13.6. The molecule has 1 N–H and O–H groups in total. The Balaban J connectivity index is 1.90. The Morgan fingerprint density at radius 1 is 0.879 bits per heavy atom. The number of carbonyl (C=O) groups is 1. The molecule has 3 rings (SSSR count). The molecule has 174 valence electrons. The van der Waals surface area contributed by atoms with E-state index >= 15 is 0 Å². The number of carbonyl (C=O) groups excluding carboxylic acids is 1. The molecule has 3 aromatic rings. The number of benzene rings is 3. The molecule has 33 heavy (non-hydrogen) atoms. The maximum absolute atomic E-state index is 13.6. The summed E-state index contributed by atoms with van der Waals surface area (Å²) in [5.41, 5.74) is 4.00. The molecule has 0 saturated carbocycles. The lowest BCUT2D eigenvalue weighted by molar-refractivity contribution is -0.121. The zero-order chi connectivity index (χ0) is 24.2. The second-order valence-corrected chi connectivity index (χ2v) is 11.1. The molecule has 0 spiro atoms. The van der Waals surface area contributed by atoms with Crippen molar-refractivity contribution >= 4 is 21.6 Å². The van der Waals surface area contributed by atoms with Crippen molar-refractivity contribution in [1.29, 1.82) is 0 Å². The van der Waals surface area contributed by atoms with Gasteiger partial charge in [-0.15, -0.1) is 0 Å². The van der Waals surface area contributed by atoms with Crippen molar-refractivity contribution < 1.29 is 13.2 Å². The zero-order valence-corrected chi connectivity index (χ0v) is 20.7. The molecule has 0 aromatic heterocycles. The van der Waals surface area contributed by atoms with Crippen LogP contribution in [0.15, 0.2) is 77.7 Å². The van der Waals surface area contributed by atoms with Gasteiger partial charge >= 0.3 is 0 Å². The number of anilines is 1. The fourth-order valence-corrected chi connectivity index (χ4v) is 5.14. The lowest BCUT2D eigenvalue weighted by Crippen LogP contribution is -2.50. The molecule has 0 heterocycles. The Bertz CT molecular complexity index is 1220. The summed E-state index contributed by atoms with van der Waals surface area (Å²) in [5, 5.41) is 3.02. The predicted octanol–water partition coefficient (Wildman–Crippen LogP) is 4.94. The van der Waals surface area contributed by atoms with Crippen LogP contribution in [0.4, 0.5) is 5.69 Å². The Kier molecular flexibility index (Phi) is 7.28. The van der Waals surface area contributed by atoms with Crippen molar-refractivity contribution in [2.45, 2.75) is 51.5 Å². The molecule has 0 bridgehead atoms. The quantitative estimate of drug-likeness (QED) is 0.513. The lowest BCUT2D eigenvalue weighted by atomic mass is 9.95. The van der Waals surface area contributed by atoms with Crippen LogP contribution in [-0.2, 0) is 21.2 Å². The van der Waals surface area contributed by atoms with Gasteiger partial charge in [0.05, 0.1) is 10.6 Å². The third-order valence-electron chi connectivity index (χ3n) is 5.64. The van der Waals surface area contributed by atoms with E-state index in [1.165, 1.54) is 4.31 Å². The van der Waals surface area contributed by atoms with E-state index in [9.17, 15) is 13.2 Å². The van der Waals surface area contributed by atoms with Crippen molar-refractivity contribution in [2.75, 3.05) is 10.8 Å². The molecular formula is C27H32N2O3S. The first-order chi connectivity index (χ1) is 15.5. The fraction of sp³-hybridized carbons (Fsp3) is 0.296. The van der Waals surface area contributed by atoms with Crippen LogP contribution in [0.5, 0.6) is 0 Å². The van der Waals surface area contributed by atoms with Crippen LogP contribution < -0.4 is 9.62 Å². The summed E-state index contributed by atoms with van der Waals surface area (Å²) in [7, 11) is -3.94. The Labute approximate surface area is 197 Å². The second kappa shape index (κ2) is 9.79. The van der Waals surface area contributed by atoms with E-state index in [0.29, 0.717) is 12.1 Å². The minimum Gasteiger partial charge on any atom is -0.349 e. The van der Waals surface area contributed by atoms with Crippen LogP contribution in [0.25, 0.3) is 0 Å². The molecule has 0 fully saturated rings. The molecule has 6 heteroatoms. The number of rotatable bonds is 8. The van der Waals surface area contributed by atoms with Crippen LogP contribution >= 0.6 is 0 Å². The summed E-state index contributed by atoms with van der Waals surface area (Å²) in [4.78, 5) is 13.3. The van der Waals surface area contributed by atoms with E-state index in [0.717, 1.165) is 22.3 Å². The Morgan fingerprint density at radius 2 is 1.52 bits per heavy atom. The van der Waals surface area contributed by atoms with Crippen molar-refractivity contribution in [3.8, 4) is 0 Å². The van der Waals surface area contributed by atoms with E-state index in [2.05, 4.69) is 5.32 Å². The van der Waals surface area contributed by atoms with Crippen LogP contribution in [-0.4, -0.2) is 26.4 Å². The average molecular weight is 465 g/mol. The number of hydrogen-bond donors (Lipinski definition) is 1. The molecule has 0 aliphatic rings. The molecular weight excluding hydrogens is 432 g/mol. The van der Waals surface area contributed by atoms with Crippen LogP contribution in [0, 0.1) is 20.8 Å². The third-order valence-corrected chi connectivity index (χ3v) is 7.43. The first-order valence-corrected chi connectivity index (χ1v) is 12.4. The average Bonchev–Trinajstić information content (AvgIpc) is 2.74. The van der Waals surface area contributed by atoms with Crippen LogP contribution in [0.2, 0.25) is 0 Å². The number of nitrogens with one attached hydrogen (secondary N) is 1. The van der Waals surface area contributed by atoms with Gasteiger partial charge in [-0.2, -0.15) is 0 Å². The first kappa shape index (κ1) is 24.5. The molecule has 0 atom stereocenters. The largest absolute Gasteiger partial charge is 0.349 e. The standard InChI is InChI=1S/C27H32N2O3S/c1-20-11-15-25(16-12-20)33(31,32)29(24-14-13-21(2)22(3)17-24)19-26(30)28-27(4,5)18-23-9-7-6-8-10-23/h6-17H,18-19H2,1-5H3,(H,28,30). The van der Waals surface area contributed by atoms with Gasteiger partial charge in [0.1, 0.15) is 6.54 Å². The van der Waals surface area contributed by atoms with E-state index in [-0.39, 0.29) is 17.3 Å². The monoisotopic (exact) mass is 464 g/mol. The van der Waals surface area contributed by atoms with Crippen molar-refractivity contribution in [2.24, 2.45) is 0 Å². The topological polar surface area (TPSA) is 66.5 Å². The van der Waals surface area contributed by atoms with Crippen molar-refractivity contribution in [3.05, 3.63) is 95.1 Å². The highest BCUT2D eigenvalue weighted by molar-refractivity contribution is 7.92. The number of sulfonamides is 1. The van der Waals surface area contributed by atoms with Crippen LogP contribution in [0.3, 0.4) is 0 Å². The van der Waals surface area contributed by atoms with Gasteiger partial charge in [-0.05, 0) is 82.0 Å². The van der Waals surface area contributed by atoms with Gasteiger partial charge in [-0.1, -0.05) is 54.1 Å². The van der Waals surface area contributed by atoms with E-state index in [4.69, 9.17) is 0 Å². The lowest BCUT2D eigenvalue weighted by Gasteiger charge is -2.30. The Hall–Kier alpha value is -3.12. The van der Waals surface area contributed by atoms with Gasteiger partial charge < -0.3 is 5.32 Å². The van der Waals surface area contributed by atoms with Gasteiger partial charge in [0.2, 0.25) is 5.91 Å². The molecule has 3 aromatic carbocycles. The molecule has 5 nitrogen and oxygen atoms in total. The van der Waals surface area contributed by atoms with Gasteiger partial charge in [-0.3, -0.25) is 9.10 Å². The normalized spacial score (nSPS) is 11.8. The maximum Gasteiger partial charge on any atom is 0.264 e. The van der Waals surface area contributed by atoms with Crippen molar-refractivity contribution in [1.82, 2.24) is 5.32 Å². The summed E-state index contributed by atoms with van der Waals surface area (Å²) >= 11 is 0. The molecule has 0 radical (unpaired) electrons. The molecule has 0 saturated heterocycles. The van der Waals surface area contributed by atoms with Crippen LogP contribution in [0.1, 0.15) is 36.1 Å². The minimum atomic E-state index is -3.94. The second-order valence-electron chi connectivity index (χ2n) is 9.19. The number of aryl methyl sites for hydroxylation is 3. The highest BCUT2D eigenvalue weighted by Crippen LogP contribution is 2.26. The number of hydrogen-bond acceptors (Lipinski definition) is 3. The summed E-state index contributed by atoms with van der Waals surface area (Å²) in [6.07, 6.45) is 0.633. The van der Waals surface area contributed by atoms with Gasteiger partial charge in [-0.25, -0.2) is 8.42 Å². The molecule has 1 amide bonds. The fourth-order valence-electron chi connectivity index (χ4n) is 3.73. The first-order valence-electron chi connectivity index (χ1n) is 11.0. The summed E-state index contributed by atoms with van der Waals surface area (Å²) in [6, 6.07) is 22.0. The smallest absolute Gasteiger partial charge is 0.264 e. The summed E-state index contributed by atoms with van der Waals surface area (Å²) in [5.74, 6) is -0.357. The van der Waals surface area contributed by atoms with E-state index in [1.807, 2.05) is 77.1 Å². The van der Waals surface area contributed by atoms with Crippen molar-refractivity contribution in [3.63, 3.8) is 0 Å². The Morgan fingerprint density at radius 3 is 2.12 bits per heavy atom. The third kappa shape index (κ3) is 6.23. The van der Waals surface area contributed by atoms with Gasteiger partial charge in [0.25, 0.3) is 10.0 Å². The number of nitrogens with zero attached hydrogens (tertiary/aromatic N) is 1. The number of amides is 1. The SMILES string of the molecule is Cc1ccc(S(=O)(=O)N(CC(=O)NC(C)(C)Cc2ccccc2)c2ccc(C)c(C)c2)cc1. The minimum absolute atomic E-state index is 0.155. The zero-order valence-electron chi connectivity index (χ0n) is 19.9.